The zero-order chi connectivity index (χ0) is 19.1. The fraction of sp³-hybridized carbons (Fsp3) is 0.389. The summed E-state index contributed by atoms with van der Waals surface area (Å²) >= 11 is 0. The van der Waals surface area contributed by atoms with Gasteiger partial charge in [-0.05, 0) is 36.6 Å². The topological polar surface area (TPSA) is 88.5 Å². The third kappa shape index (κ3) is 5.51. The number of aryl methyl sites for hydroxylation is 2. The first-order valence-electron chi connectivity index (χ1n) is 8.34. The van der Waals surface area contributed by atoms with E-state index in [0.29, 0.717) is 23.7 Å². The van der Waals surface area contributed by atoms with Gasteiger partial charge in [-0.3, -0.25) is 9.48 Å². The Hall–Kier alpha value is -3.03. The zero-order valence-electron chi connectivity index (χ0n) is 15.6. The molecule has 2 rings (SSSR count). The zero-order valence-corrected chi connectivity index (χ0v) is 15.6. The van der Waals surface area contributed by atoms with E-state index < -0.39 is 0 Å². The quantitative estimate of drug-likeness (QED) is 0.795. The maximum atomic E-state index is 12.4. The van der Waals surface area contributed by atoms with E-state index in [-0.39, 0.29) is 11.9 Å². The molecule has 0 aliphatic carbocycles. The summed E-state index contributed by atoms with van der Waals surface area (Å²) in [4.78, 5) is 25.2. The molecule has 0 spiro atoms. The molecule has 8 heteroatoms. The molecular formula is C18H25N5O3. The van der Waals surface area contributed by atoms with Crippen LogP contribution in [0.1, 0.15) is 18.9 Å². The van der Waals surface area contributed by atoms with E-state index >= 15 is 0 Å². The number of methoxy groups -OCH3 is 1. The van der Waals surface area contributed by atoms with Crippen LogP contribution >= 0.6 is 0 Å². The first kappa shape index (κ1) is 19.3. The lowest BCUT2D eigenvalue weighted by atomic mass is 10.2. The highest BCUT2D eigenvalue weighted by molar-refractivity contribution is 5.94. The molecule has 0 bridgehead atoms. The molecule has 0 aliphatic heterocycles. The third-order valence-corrected chi connectivity index (χ3v) is 3.83. The molecule has 26 heavy (non-hydrogen) atoms. The van der Waals surface area contributed by atoms with Crippen molar-refractivity contribution >= 4 is 23.3 Å². The number of carbonyl (C=O) groups is 2. The van der Waals surface area contributed by atoms with Gasteiger partial charge in [0.1, 0.15) is 5.75 Å². The summed E-state index contributed by atoms with van der Waals surface area (Å²) in [6.07, 6.45) is 5.49. The second-order valence-corrected chi connectivity index (χ2v) is 6.07. The molecule has 0 aliphatic rings. The van der Waals surface area contributed by atoms with Crippen molar-refractivity contribution in [2.45, 2.75) is 19.8 Å². The van der Waals surface area contributed by atoms with Crippen LogP contribution in [0.5, 0.6) is 5.75 Å². The van der Waals surface area contributed by atoms with Gasteiger partial charge in [-0.25, -0.2) is 4.79 Å². The largest absolute Gasteiger partial charge is 0.495 e. The molecule has 1 aromatic heterocycles. The summed E-state index contributed by atoms with van der Waals surface area (Å²) < 4.78 is 7.04. The van der Waals surface area contributed by atoms with E-state index in [4.69, 9.17) is 4.74 Å². The van der Waals surface area contributed by atoms with Gasteiger partial charge in [0.25, 0.3) is 0 Å². The van der Waals surface area contributed by atoms with Crippen LogP contribution in [0, 0.1) is 0 Å². The molecule has 0 atom stereocenters. The van der Waals surface area contributed by atoms with Crippen molar-refractivity contribution in [3.05, 3.63) is 36.2 Å². The smallest absolute Gasteiger partial charge is 0.321 e. The normalized spacial score (nSPS) is 10.3. The molecule has 1 heterocycles. The Morgan fingerprint density at radius 3 is 2.69 bits per heavy atom. The van der Waals surface area contributed by atoms with Crippen LogP contribution in [0.15, 0.2) is 30.6 Å². The van der Waals surface area contributed by atoms with E-state index in [1.54, 1.807) is 34.8 Å². The Labute approximate surface area is 153 Å². The number of ether oxygens (including phenoxy) is 1. The van der Waals surface area contributed by atoms with Crippen molar-refractivity contribution in [2.24, 2.45) is 7.05 Å². The molecular weight excluding hydrogens is 334 g/mol. The average molecular weight is 359 g/mol. The summed E-state index contributed by atoms with van der Waals surface area (Å²) in [5.41, 5.74) is 2.24. The maximum Gasteiger partial charge on any atom is 0.321 e. The number of anilines is 2. The number of nitrogens with one attached hydrogen (secondary N) is 2. The standard InChI is InChI=1S/C18H25N5O3/c1-13(24)20-15-7-8-17(26-4)16(10-15)21-18(25)22(2)9-5-6-14-11-19-23(3)12-14/h7-8,10-12H,5-6,9H2,1-4H3,(H,20,24)(H,21,25). The number of urea groups is 1. The molecule has 0 saturated heterocycles. The van der Waals surface area contributed by atoms with Crippen LogP contribution < -0.4 is 15.4 Å². The lowest BCUT2D eigenvalue weighted by Gasteiger charge is -2.19. The lowest BCUT2D eigenvalue weighted by molar-refractivity contribution is -0.114. The van der Waals surface area contributed by atoms with Crippen LogP contribution in [-0.2, 0) is 18.3 Å². The van der Waals surface area contributed by atoms with Crippen LogP contribution in [0.2, 0.25) is 0 Å². The minimum absolute atomic E-state index is 0.181. The Bertz CT molecular complexity index is 772. The van der Waals surface area contributed by atoms with Gasteiger partial charge in [0.05, 0.1) is 19.0 Å². The lowest BCUT2D eigenvalue weighted by Crippen LogP contribution is -2.32. The number of carbonyl (C=O) groups excluding carboxylic acids is 2. The van der Waals surface area contributed by atoms with Crippen LogP contribution in [0.3, 0.4) is 0 Å². The monoisotopic (exact) mass is 359 g/mol. The van der Waals surface area contributed by atoms with Crippen molar-refractivity contribution < 1.29 is 14.3 Å². The van der Waals surface area contributed by atoms with Crippen LogP contribution in [0.25, 0.3) is 0 Å². The van der Waals surface area contributed by atoms with Gasteiger partial charge < -0.3 is 20.3 Å². The first-order chi connectivity index (χ1) is 12.4. The predicted octanol–water partition coefficient (Wildman–Crippen LogP) is 2.48. The van der Waals surface area contributed by atoms with Gasteiger partial charge in [0.2, 0.25) is 5.91 Å². The Morgan fingerprint density at radius 2 is 2.08 bits per heavy atom. The fourth-order valence-corrected chi connectivity index (χ4v) is 2.52. The van der Waals surface area contributed by atoms with Gasteiger partial charge in [-0.1, -0.05) is 0 Å². The fourth-order valence-electron chi connectivity index (χ4n) is 2.52. The average Bonchev–Trinajstić information content (AvgIpc) is 2.99. The van der Waals surface area contributed by atoms with Gasteiger partial charge >= 0.3 is 6.03 Å². The van der Waals surface area contributed by atoms with E-state index in [0.717, 1.165) is 18.4 Å². The highest BCUT2D eigenvalue weighted by atomic mass is 16.5. The minimum Gasteiger partial charge on any atom is -0.495 e. The van der Waals surface area contributed by atoms with Gasteiger partial charge in [-0.2, -0.15) is 5.10 Å². The first-order valence-corrected chi connectivity index (χ1v) is 8.34. The number of amides is 3. The van der Waals surface area contributed by atoms with E-state index in [2.05, 4.69) is 15.7 Å². The number of hydrogen-bond donors (Lipinski definition) is 2. The number of rotatable bonds is 7. The SMILES string of the molecule is COc1ccc(NC(C)=O)cc1NC(=O)N(C)CCCc1cnn(C)c1. The van der Waals surface area contributed by atoms with E-state index in [1.165, 1.54) is 14.0 Å². The molecule has 2 aromatic rings. The number of aromatic nitrogens is 2. The summed E-state index contributed by atoms with van der Waals surface area (Å²) in [6.45, 7) is 2.03. The molecule has 3 amide bonds. The third-order valence-electron chi connectivity index (χ3n) is 3.83. The number of hydrogen-bond acceptors (Lipinski definition) is 4. The second kappa shape index (κ2) is 8.89. The van der Waals surface area contributed by atoms with Crippen molar-refractivity contribution in [1.82, 2.24) is 14.7 Å². The summed E-state index contributed by atoms with van der Waals surface area (Å²) in [6, 6.07) is 4.84. The van der Waals surface area contributed by atoms with Gasteiger partial charge in [-0.15, -0.1) is 0 Å². The van der Waals surface area contributed by atoms with Gasteiger partial charge in [0, 0.05) is 39.4 Å². The highest BCUT2D eigenvalue weighted by Crippen LogP contribution is 2.28. The second-order valence-electron chi connectivity index (χ2n) is 6.07. The predicted molar refractivity (Wildman–Crippen MR) is 100 cm³/mol. The van der Waals surface area contributed by atoms with E-state index in [9.17, 15) is 9.59 Å². The highest BCUT2D eigenvalue weighted by Gasteiger charge is 2.13. The number of benzene rings is 1. The molecule has 0 radical (unpaired) electrons. The molecule has 1 aromatic carbocycles. The van der Waals surface area contributed by atoms with Crippen molar-refractivity contribution in [3.8, 4) is 5.75 Å². The Morgan fingerprint density at radius 1 is 1.31 bits per heavy atom. The summed E-state index contributed by atoms with van der Waals surface area (Å²) in [7, 11) is 5.15. The maximum absolute atomic E-state index is 12.4. The van der Waals surface area contributed by atoms with Gasteiger partial charge in [0.15, 0.2) is 0 Å². The number of nitrogens with zero attached hydrogens (tertiary/aromatic N) is 3. The Kier molecular flexibility index (Phi) is 6.60. The van der Waals surface area contributed by atoms with Crippen molar-refractivity contribution in [2.75, 3.05) is 31.3 Å². The summed E-state index contributed by atoms with van der Waals surface area (Å²) in [5.74, 6) is 0.344. The van der Waals surface area contributed by atoms with E-state index in [1.807, 2.05) is 19.4 Å². The Balaban J connectivity index is 1.93. The molecule has 140 valence electrons. The molecule has 0 saturated carbocycles. The molecule has 2 N–H and O–H groups in total. The van der Waals surface area contributed by atoms with Crippen LogP contribution in [-0.4, -0.2) is 47.3 Å². The molecule has 8 nitrogen and oxygen atoms in total. The van der Waals surface area contributed by atoms with Crippen molar-refractivity contribution in [1.29, 1.82) is 0 Å². The molecule has 0 fully saturated rings. The summed E-state index contributed by atoms with van der Waals surface area (Å²) in [5, 5.41) is 9.64. The molecule has 0 unspecified atom stereocenters. The van der Waals surface area contributed by atoms with Crippen molar-refractivity contribution in [3.63, 3.8) is 0 Å². The van der Waals surface area contributed by atoms with Crippen LogP contribution in [0.4, 0.5) is 16.2 Å². The minimum atomic E-state index is -0.241.